The van der Waals surface area contributed by atoms with Gasteiger partial charge in [-0.2, -0.15) is 5.10 Å². The molecule has 4 aromatic rings. The van der Waals surface area contributed by atoms with Crippen LogP contribution in [0.15, 0.2) is 30.7 Å². The van der Waals surface area contributed by atoms with E-state index in [1.807, 2.05) is 10.9 Å². The van der Waals surface area contributed by atoms with Gasteiger partial charge in [-0.3, -0.25) is 0 Å². The fourth-order valence-electron chi connectivity index (χ4n) is 2.96. The minimum Gasteiger partial charge on any atom is -0.383 e. The van der Waals surface area contributed by atoms with E-state index >= 15 is 0 Å². The van der Waals surface area contributed by atoms with Gasteiger partial charge in [0.1, 0.15) is 17.8 Å². The number of H-pyrrole nitrogens is 1. The number of fused-ring (bicyclic) bond motifs is 2. The Kier molecular flexibility index (Phi) is 2.87. The summed E-state index contributed by atoms with van der Waals surface area (Å²) in [5.41, 5.74) is 11.1. The van der Waals surface area contributed by atoms with Crippen LogP contribution in [-0.4, -0.2) is 24.7 Å². The second kappa shape index (κ2) is 4.81. The van der Waals surface area contributed by atoms with Crippen LogP contribution in [0.25, 0.3) is 33.2 Å². The summed E-state index contributed by atoms with van der Waals surface area (Å²) in [6.45, 7) is 6.24. The Morgan fingerprint density at radius 2 is 2.04 bits per heavy atom. The van der Waals surface area contributed by atoms with E-state index in [0.29, 0.717) is 5.82 Å². The minimum atomic E-state index is 0.193. The van der Waals surface area contributed by atoms with Gasteiger partial charge in [0.05, 0.1) is 5.39 Å². The van der Waals surface area contributed by atoms with Gasteiger partial charge in [-0.15, -0.1) is 0 Å². The number of rotatable bonds is 2. The zero-order chi connectivity index (χ0) is 16.1. The first-order chi connectivity index (χ1) is 11.1. The van der Waals surface area contributed by atoms with Crippen molar-refractivity contribution in [2.75, 3.05) is 5.73 Å². The van der Waals surface area contributed by atoms with Crippen molar-refractivity contribution in [3.63, 3.8) is 0 Å². The highest BCUT2D eigenvalue weighted by Crippen LogP contribution is 2.33. The first-order valence-corrected chi connectivity index (χ1v) is 7.63. The Balaban J connectivity index is 2.05. The van der Waals surface area contributed by atoms with E-state index in [-0.39, 0.29) is 6.04 Å². The molecule has 0 aliphatic carbocycles. The monoisotopic (exact) mass is 306 g/mol. The lowest BCUT2D eigenvalue weighted by molar-refractivity contribution is 0.548. The van der Waals surface area contributed by atoms with Crippen LogP contribution >= 0.6 is 0 Å². The van der Waals surface area contributed by atoms with Crippen molar-refractivity contribution >= 4 is 27.8 Å². The number of nitrogens with two attached hydrogens (primary N) is 1. The van der Waals surface area contributed by atoms with Crippen molar-refractivity contribution in [1.82, 2.24) is 24.7 Å². The third-order valence-corrected chi connectivity index (χ3v) is 4.17. The van der Waals surface area contributed by atoms with Crippen LogP contribution in [0.3, 0.4) is 0 Å². The molecule has 3 N–H and O–H groups in total. The van der Waals surface area contributed by atoms with Crippen LogP contribution in [-0.2, 0) is 0 Å². The molecule has 0 amide bonds. The number of benzene rings is 1. The molecule has 6 heteroatoms. The fourth-order valence-corrected chi connectivity index (χ4v) is 2.96. The van der Waals surface area contributed by atoms with E-state index in [1.54, 1.807) is 0 Å². The summed E-state index contributed by atoms with van der Waals surface area (Å²) in [6.07, 6.45) is 3.50. The van der Waals surface area contributed by atoms with Crippen molar-refractivity contribution in [2.24, 2.45) is 0 Å². The maximum Gasteiger partial charge on any atom is 0.164 e. The Morgan fingerprint density at radius 3 is 2.83 bits per heavy atom. The standard InChI is InChI=1S/C17H18N6/c1-9(2)23-17-14(16(18)20-8-21-17)15(22-23)11-4-5-13-12(6-11)10(3)7-19-13/h4-9,19H,1-3H3,(H2,18,20,21). The van der Waals surface area contributed by atoms with Crippen molar-refractivity contribution in [3.05, 3.63) is 36.3 Å². The smallest absolute Gasteiger partial charge is 0.164 e. The van der Waals surface area contributed by atoms with E-state index in [9.17, 15) is 0 Å². The number of aromatic nitrogens is 5. The van der Waals surface area contributed by atoms with Crippen LogP contribution in [0.1, 0.15) is 25.5 Å². The lowest BCUT2D eigenvalue weighted by Gasteiger charge is -2.05. The van der Waals surface area contributed by atoms with Crippen molar-refractivity contribution < 1.29 is 0 Å². The number of aromatic amines is 1. The number of hydrogen-bond acceptors (Lipinski definition) is 4. The molecular formula is C17H18N6. The number of nitrogens with zero attached hydrogens (tertiary/aromatic N) is 4. The molecule has 6 nitrogen and oxygen atoms in total. The quantitative estimate of drug-likeness (QED) is 0.594. The van der Waals surface area contributed by atoms with E-state index in [0.717, 1.165) is 27.8 Å². The molecule has 0 aliphatic heterocycles. The van der Waals surface area contributed by atoms with E-state index < -0.39 is 0 Å². The van der Waals surface area contributed by atoms with Crippen LogP contribution in [0.4, 0.5) is 5.82 Å². The topological polar surface area (TPSA) is 85.4 Å². The van der Waals surface area contributed by atoms with Gasteiger partial charge >= 0.3 is 0 Å². The lowest BCUT2D eigenvalue weighted by Crippen LogP contribution is -2.04. The van der Waals surface area contributed by atoms with Crippen molar-refractivity contribution in [1.29, 1.82) is 0 Å². The fraction of sp³-hybridized carbons (Fsp3) is 0.235. The Morgan fingerprint density at radius 1 is 1.22 bits per heavy atom. The number of nitrogen functional groups attached to an aromatic ring is 1. The first-order valence-electron chi connectivity index (χ1n) is 7.63. The molecule has 0 spiro atoms. The Hall–Kier alpha value is -2.89. The summed E-state index contributed by atoms with van der Waals surface area (Å²) >= 11 is 0. The van der Waals surface area contributed by atoms with E-state index in [1.165, 1.54) is 17.3 Å². The van der Waals surface area contributed by atoms with E-state index in [2.05, 4.69) is 53.9 Å². The van der Waals surface area contributed by atoms with Crippen LogP contribution in [0, 0.1) is 6.92 Å². The summed E-state index contributed by atoms with van der Waals surface area (Å²) < 4.78 is 1.90. The zero-order valence-electron chi connectivity index (χ0n) is 13.3. The average Bonchev–Trinajstić information content (AvgIpc) is 3.09. The van der Waals surface area contributed by atoms with E-state index in [4.69, 9.17) is 10.8 Å². The van der Waals surface area contributed by atoms with Gasteiger partial charge in [0, 0.05) is 28.7 Å². The van der Waals surface area contributed by atoms with Crippen molar-refractivity contribution in [3.8, 4) is 11.3 Å². The van der Waals surface area contributed by atoms with Crippen molar-refractivity contribution in [2.45, 2.75) is 26.8 Å². The summed E-state index contributed by atoms with van der Waals surface area (Å²) in [7, 11) is 0. The summed E-state index contributed by atoms with van der Waals surface area (Å²) in [5.74, 6) is 0.461. The normalized spacial score (nSPS) is 11.8. The molecule has 4 rings (SSSR count). The van der Waals surface area contributed by atoms with Gasteiger partial charge in [0.25, 0.3) is 0 Å². The molecule has 0 aliphatic rings. The number of nitrogens with one attached hydrogen (secondary N) is 1. The van der Waals surface area contributed by atoms with Gasteiger partial charge in [0.2, 0.25) is 0 Å². The highest BCUT2D eigenvalue weighted by Gasteiger charge is 2.18. The molecule has 0 atom stereocenters. The molecule has 3 aromatic heterocycles. The van der Waals surface area contributed by atoms with Gasteiger partial charge < -0.3 is 10.7 Å². The van der Waals surface area contributed by atoms with Gasteiger partial charge in [-0.05, 0) is 38.5 Å². The predicted octanol–water partition coefficient (Wildman–Crippen LogP) is 3.45. The molecule has 1 aromatic carbocycles. The Labute approximate surface area is 133 Å². The number of anilines is 1. The molecule has 0 unspecified atom stereocenters. The maximum absolute atomic E-state index is 6.12. The second-order valence-electron chi connectivity index (χ2n) is 6.08. The number of hydrogen-bond donors (Lipinski definition) is 2. The van der Waals surface area contributed by atoms with Gasteiger partial charge in [-0.25, -0.2) is 14.6 Å². The minimum absolute atomic E-state index is 0.193. The zero-order valence-corrected chi connectivity index (χ0v) is 13.3. The molecule has 0 saturated heterocycles. The lowest BCUT2D eigenvalue weighted by atomic mass is 10.1. The summed E-state index contributed by atoms with van der Waals surface area (Å²) in [4.78, 5) is 11.8. The second-order valence-corrected chi connectivity index (χ2v) is 6.08. The third kappa shape index (κ3) is 1.98. The Bertz CT molecular complexity index is 1020. The molecule has 0 fully saturated rings. The molecule has 23 heavy (non-hydrogen) atoms. The van der Waals surface area contributed by atoms with Crippen LogP contribution in [0.5, 0.6) is 0 Å². The highest BCUT2D eigenvalue weighted by molar-refractivity contribution is 6.00. The van der Waals surface area contributed by atoms with Gasteiger partial charge in [0.15, 0.2) is 5.65 Å². The molecule has 116 valence electrons. The largest absolute Gasteiger partial charge is 0.383 e. The predicted molar refractivity (Wildman–Crippen MR) is 92.2 cm³/mol. The molecule has 3 heterocycles. The molecule has 0 bridgehead atoms. The average molecular weight is 306 g/mol. The highest BCUT2D eigenvalue weighted by atomic mass is 15.3. The van der Waals surface area contributed by atoms with Crippen LogP contribution < -0.4 is 5.73 Å². The summed E-state index contributed by atoms with van der Waals surface area (Å²) in [6, 6.07) is 6.45. The molecule has 0 radical (unpaired) electrons. The number of aryl methyl sites for hydroxylation is 1. The third-order valence-electron chi connectivity index (χ3n) is 4.17. The SMILES string of the molecule is Cc1c[nH]c2ccc(-c3nn(C(C)C)c4ncnc(N)c34)cc12. The first kappa shape index (κ1) is 13.8. The molecular weight excluding hydrogens is 288 g/mol. The van der Waals surface area contributed by atoms with Gasteiger partial charge in [-0.1, -0.05) is 6.07 Å². The summed E-state index contributed by atoms with van der Waals surface area (Å²) in [5, 5.41) is 6.76. The maximum atomic E-state index is 6.12. The molecule has 0 saturated carbocycles. The van der Waals surface area contributed by atoms with Crippen LogP contribution in [0.2, 0.25) is 0 Å².